The van der Waals surface area contributed by atoms with E-state index >= 15 is 0 Å². The minimum Gasteiger partial charge on any atom is -0.491 e. The van der Waals surface area contributed by atoms with Crippen LogP contribution in [0.3, 0.4) is 0 Å². The molecule has 6 nitrogen and oxygen atoms in total. The maximum atomic E-state index is 11.4. The van der Waals surface area contributed by atoms with Crippen LogP contribution >= 0.6 is 0 Å². The van der Waals surface area contributed by atoms with Crippen LogP contribution in [0.25, 0.3) is 0 Å². The van der Waals surface area contributed by atoms with E-state index in [1.807, 2.05) is 0 Å². The molecule has 0 spiro atoms. The van der Waals surface area contributed by atoms with Crippen LogP contribution in [0.1, 0.15) is 11.6 Å². The van der Waals surface area contributed by atoms with E-state index in [9.17, 15) is 9.59 Å². The van der Waals surface area contributed by atoms with Gasteiger partial charge in [-0.25, -0.2) is 4.79 Å². The molecule has 0 radical (unpaired) electrons. The number of aliphatic hydroxyl groups is 1. The zero-order valence-corrected chi connectivity index (χ0v) is 8.97. The van der Waals surface area contributed by atoms with Crippen LogP contribution in [0.2, 0.25) is 0 Å². The topological polar surface area (TPSA) is 87.7 Å². The summed E-state index contributed by atoms with van der Waals surface area (Å²) < 4.78 is 5.18. The normalized spacial score (nSPS) is 18.8. The van der Waals surface area contributed by atoms with Crippen molar-refractivity contribution < 1.29 is 19.4 Å². The lowest BCUT2D eigenvalue weighted by Crippen LogP contribution is -2.22. The molecule has 1 atom stereocenters. The highest BCUT2D eigenvalue weighted by atomic mass is 16.5. The first-order valence-electron chi connectivity index (χ1n) is 5.15. The van der Waals surface area contributed by atoms with Crippen LogP contribution in [-0.2, 0) is 4.79 Å². The summed E-state index contributed by atoms with van der Waals surface area (Å²) in [6.07, 6.45) is 0. The quantitative estimate of drug-likeness (QED) is 0.639. The molecule has 17 heavy (non-hydrogen) atoms. The van der Waals surface area contributed by atoms with Crippen LogP contribution in [-0.4, -0.2) is 30.3 Å². The fourth-order valence-corrected chi connectivity index (χ4v) is 1.57. The largest absolute Gasteiger partial charge is 0.491 e. The van der Waals surface area contributed by atoms with E-state index in [-0.39, 0.29) is 19.1 Å². The van der Waals surface area contributed by atoms with Gasteiger partial charge in [-0.3, -0.25) is 10.1 Å². The molecule has 1 heterocycles. The Hall–Kier alpha value is -2.08. The fourth-order valence-electron chi connectivity index (χ4n) is 1.57. The van der Waals surface area contributed by atoms with Gasteiger partial charge < -0.3 is 15.2 Å². The molecule has 1 saturated heterocycles. The van der Waals surface area contributed by atoms with E-state index < -0.39 is 12.1 Å². The third-order valence-corrected chi connectivity index (χ3v) is 2.35. The van der Waals surface area contributed by atoms with Crippen molar-refractivity contribution in [1.82, 2.24) is 10.6 Å². The Morgan fingerprint density at radius 1 is 1.24 bits per heavy atom. The number of nitrogens with one attached hydrogen (secondary N) is 2. The molecule has 1 aromatic rings. The van der Waals surface area contributed by atoms with Gasteiger partial charge >= 0.3 is 6.03 Å². The van der Waals surface area contributed by atoms with Gasteiger partial charge in [0.05, 0.1) is 6.61 Å². The number of imide groups is 1. The highest BCUT2D eigenvalue weighted by molar-refractivity contribution is 6.04. The van der Waals surface area contributed by atoms with Crippen LogP contribution < -0.4 is 15.4 Å². The predicted octanol–water partition coefficient (Wildman–Crippen LogP) is -0.0618. The van der Waals surface area contributed by atoms with Gasteiger partial charge in [-0.2, -0.15) is 0 Å². The molecule has 0 aliphatic carbocycles. The number of carbonyl (C=O) groups is 2. The SMILES string of the molecule is O=C1NC(=O)[C@H](c2ccc(OCCO)cc2)N1. The summed E-state index contributed by atoms with van der Waals surface area (Å²) in [5.74, 6) is 0.242. The Kier molecular flexibility index (Phi) is 3.24. The van der Waals surface area contributed by atoms with E-state index in [0.717, 1.165) is 0 Å². The van der Waals surface area contributed by atoms with Crippen LogP contribution in [0.5, 0.6) is 5.75 Å². The summed E-state index contributed by atoms with van der Waals surface area (Å²) in [6.45, 7) is 0.169. The number of benzene rings is 1. The Morgan fingerprint density at radius 2 is 1.94 bits per heavy atom. The predicted molar refractivity (Wildman–Crippen MR) is 58.4 cm³/mol. The van der Waals surface area contributed by atoms with Crippen molar-refractivity contribution in [2.75, 3.05) is 13.2 Å². The lowest BCUT2D eigenvalue weighted by Gasteiger charge is -2.09. The van der Waals surface area contributed by atoms with Gasteiger partial charge in [0.25, 0.3) is 5.91 Å². The van der Waals surface area contributed by atoms with Crippen molar-refractivity contribution in [3.05, 3.63) is 29.8 Å². The number of hydrogen-bond donors (Lipinski definition) is 3. The molecule has 3 N–H and O–H groups in total. The minimum atomic E-state index is -0.644. The second-order valence-electron chi connectivity index (χ2n) is 3.54. The Morgan fingerprint density at radius 3 is 2.47 bits per heavy atom. The molecule has 90 valence electrons. The number of hydrogen-bond acceptors (Lipinski definition) is 4. The first-order valence-corrected chi connectivity index (χ1v) is 5.15. The number of ether oxygens (including phenoxy) is 1. The molecule has 1 aromatic carbocycles. The summed E-state index contributed by atoms with van der Waals surface area (Å²) >= 11 is 0. The van der Waals surface area contributed by atoms with Crippen LogP contribution in [0, 0.1) is 0 Å². The van der Waals surface area contributed by atoms with Crippen molar-refractivity contribution in [3.63, 3.8) is 0 Å². The molecule has 1 aliphatic rings. The van der Waals surface area contributed by atoms with Crippen molar-refractivity contribution in [1.29, 1.82) is 0 Å². The van der Waals surface area contributed by atoms with Crippen molar-refractivity contribution in [2.24, 2.45) is 0 Å². The van der Waals surface area contributed by atoms with Gasteiger partial charge in [0.15, 0.2) is 0 Å². The van der Waals surface area contributed by atoms with Crippen LogP contribution in [0.4, 0.5) is 4.79 Å². The molecule has 6 heteroatoms. The molecule has 1 fully saturated rings. The third kappa shape index (κ3) is 2.54. The summed E-state index contributed by atoms with van der Waals surface area (Å²) in [6, 6.07) is 5.63. The standard InChI is InChI=1S/C11H12N2O4/c14-5-6-17-8-3-1-7(2-4-8)9-10(15)13-11(16)12-9/h1-4,9,14H,5-6H2,(H2,12,13,15,16)/t9-/m0/s1. The first-order chi connectivity index (χ1) is 8.20. The molecular weight excluding hydrogens is 224 g/mol. The lowest BCUT2D eigenvalue weighted by molar-refractivity contribution is -0.120. The van der Waals surface area contributed by atoms with Crippen molar-refractivity contribution >= 4 is 11.9 Å². The number of aliphatic hydroxyl groups excluding tert-OH is 1. The highest BCUT2D eigenvalue weighted by Gasteiger charge is 2.30. The van der Waals surface area contributed by atoms with Gasteiger partial charge in [-0.05, 0) is 17.7 Å². The smallest absolute Gasteiger partial charge is 0.322 e. The Bertz CT molecular complexity index is 430. The maximum absolute atomic E-state index is 11.4. The van der Waals surface area contributed by atoms with Gasteiger partial charge in [0.1, 0.15) is 18.4 Å². The molecule has 1 aliphatic heterocycles. The summed E-state index contributed by atoms with van der Waals surface area (Å²) in [4.78, 5) is 22.3. The number of urea groups is 1. The Balaban J connectivity index is 2.07. The van der Waals surface area contributed by atoms with Crippen LogP contribution in [0.15, 0.2) is 24.3 Å². The van der Waals surface area contributed by atoms with E-state index in [2.05, 4.69) is 10.6 Å². The van der Waals surface area contributed by atoms with E-state index in [1.54, 1.807) is 24.3 Å². The van der Waals surface area contributed by atoms with Crippen molar-refractivity contribution in [3.8, 4) is 5.75 Å². The summed E-state index contributed by atoms with van der Waals surface area (Å²) in [7, 11) is 0. The minimum absolute atomic E-state index is 0.0527. The molecule has 3 amide bonds. The summed E-state index contributed by atoms with van der Waals surface area (Å²) in [5.41, 5.74) is 0.685. The second kappa shape index (κ2) is 4.84. The average molecular weight is 236 g/mol. The molecule has 0 unspecified atom stereocenters. The molecule has 2 rings (SSSR count). The monoisotopic (exact) mass is 236 g/mol. The zero-order chi connectivity index (χ0) is 12.3. The number of carbonyl (C=O) groups excluding carboxylic acids is 2. The molecule has 0 aromatic heterocycles. The molecular formula is C11H12N2O4. The van der Waals surface area contributed by atoms with Gasteiger partial charge in [0.2, 0.25) is 0 Å². The van der Waals surface area contributed by atoms with E-state index in [0.29, 0.717) is 11.3 Å². The number of rotatable bonds is 4. The van der Waals surface area contributed by atoms with Gasteiger partial charge in [0, 0.05) is 0 Å². The van der Waals surface area contributed by atoms with Gasteiger partial charge in [-0.1, -0.05) is 12.1 Å². The lowest BCUT2D eigenvalue weighted by atomic mass is 10.1. The van der Waals surface area contributed by atoms with Gasteiger partial charge in [-0.15, -0.1) is 0 Å². The van der Waals surface area contributed by atoms with Crippen molar-refractivity contribution in [2.45, 2.75) is 6.04 Å². The summed E-state index contributed by atoms with van der Waals surface area (Å²) in [5, 5.41) is 13.3. The first kappa shape index (κ1) is 11.4. The number of amides is 3. The maximum Gasteiger partial charge on any atom is 0.322 e. The average Bonchev–Trinajstić information content (AvgIpc) is 2.66. The zero-order valence-electron chi connectivity index (χ0n) is 8.97. The highest BCUT2D eigenvalue weighted by Crippen LogP contribution is 2.20. The Labute approximate surface area is 97.6 Å². The molecule has 0 bridgehead atoms. The third-order valence-electron chi connectivity index (χ3n) is 2.35. The van der Waals surface area contributed by atoms with E-state index in [4.69, 9.17) is 9.84 Å². The fraction of sp³-hybridized carbons (Fsp3) is 0.273. The van der Waals surface area contributed by atoms with E-state index in [1.165, 1.54) is 0 Å². The second-order valence-corrected chi connectivity index (χ2v) is 3.54. The molecule has 0 saturated carbocycles.